The van der Waals surface area contributed by atoms with Crippen LogP contribution in [0.5, 0.6) is 11.5 Å². The van der Waals surface area contributed by atoms with Gasteiger partial charge in [0.25, 0.3) is 5.91 Å². The maximum atomic E-state index is 12.8. The summed E-state index contributed by atoms with van der Waals surface area (Å²) in [6.45, 7) is 3.05. The van der Waals surface area contributed by atoms with Gasteiger partial charge in [-0.1, -0.05) is 18.5 Å². The Morgan fingerprint density at radius 3 is 2.77 bits per heavy atom. The molecule has 2 fully saturated rings. The number of carbonyl (C=O) groups is 2. The number of fused-ring (bicyclic) bond motifs is 1. The van der Waals surface area contributed by atoms with Crippen molar-refractivity contribution in [2.75, 3.05) is 13.2 Å². The molecule has 0 aromatic heterocycles. The number of benzene rings is 1. The molecule has 0 unspecified atom stereocenters. The quantitative estimate of drug-likeness (QED) is 0.634. The topological polar surface area (TPSA) is 80.2 Å². The minimum absolute atomic E-state index is 0.283. The van der Waals surface area contributed by atoms with Crippen LogP contribution >= 0.6 is 11.6 Å². The Morgan fingerprint density at radius 1 is 1.27 bits per heavy atom. The lowest BCUT2D eigenvalue weighted by Crippen LogP contribution is -2.49. The largest absolute Gasteiger partial charge is 0.486 e. The molecule has 3 amide bonds. The number of hydrogen-bond donors (Lipinski definition) is 1. The number of ether oxygens (including phenoxy) is 2. The fourth-order valence-corrected chi connectivity index (χ4v) is 3.91. The number of amides is 3. The summed E-state index contributed by atoms with van der Waals surface area (Å²) in [7, 11) is 0. The number of urea groups is 1. The van der Waals surface area contributed by atoms with E-state index in [1.165, 1.54) is 6.21 Å². The third-order valence-corrected chi connectivity index (χ3v) is 5.49. The first-order valence-electron chi connectivity index (χ1n) is 8.78. The van der Waals surface area contributed by atoms with E-state index in [4.69, 9.17) is 21.1 Å². The van der Waals surface area contributed by atoms with E-state index in [1.807, 2.05) is 0 Å². The Hall–Kier alpha value is -2.28. The van der Waals surface area contributed by atoms with Crippen LogP contribution in [-0.4, -0.2) is 41.9 Å². The second-order valence-electron chi connectivity index (χ2n) is 7.08. The van der Waals surface area contributed by atoms with Crippen LogP contribution in [0.3, 0.4) is 0 Å². The molecular formula is C18H20ClN3O4. The number of hydrogen-bond acceptors (Lipinski definition) is 5. The summed E-state index contributed by atoms with van der Waals surface area (Å²) in [6, 6.07) is 2.90. The summed E-state index contributed by atoms with van der Waals surface area (Å²) in [5.74, 6) is 1.32. The first-order valence-corrected chi connectivity index (χ1v) is 9.16. The van der Waals surface area contributed by atoms with E-state index in [1.54, 1.807) is 12.1 Å². The molecule has 1 aliphatic carbocycles. The smallest absolute Gasteiger partial charge is 0.346 e. The lowest BCUT2D eigenvalue weighted by Gasteiger charge is -2.33. The molecule has 2 aliphatic heterocycles. The van der Waals surface area contributed by atoms with Gasteiger partial charge < -0.3 is 14.8 Å². The molecule has 3 aliphatic rings. The molecule has 1 spiro atoms. The van der Waals surface area contributed by atoms with E-state index >= 15 is 0 Å². The molecule has 4 rings (SSSR count). The molecular weight excluding hydrogens is 358 g/mol. The summed E-state index contributed by atoms with van der Waals surface area (Å²) in [5.41, 5.74) is -0.177. The Kier molecular flexibility index (Phi) is 4.26. The molecule has 0 atom stereocenters. The lowest BCUT2D eigenvalue weighted by molar-refractivity contribution is -0.132. The Labute approximate surface area is 156 Å². The molecule has 138 valence electrons. The minimum Gasteiger partial charge on any atom is -0.486 e. The van der Waals surface area contributed by atoms with Gasteiger partial charge in [0.05, 0.1) is 11.2 Å². The highest BCUT2D eigenvalue weighted by molar-refractivity contribution is 6.32. The Bertz CT molecular complexity index is 787. The van der Waals surface area contributed by atoms with Crippen LogP contribution in [0.15, 0.2) is 17.2 Å². The number of rotatable bonds is 2. The molecule has 8 heteroatoms. The zero-order valence-electron chi connectivity index (χ0n) is 14.5. The van der Waals surface area contributed by atoms with E-state index < -0.39 is 11.6 Å². The number of nitrogens with one attached hydrogen (secondary N) is 1. The fourth-order valence-electron chi connectivity index (χ4n) is 3.63. The number of halogens is 1. The van der Waals surface area contributed by atoms with Crippen molar-refractivity contribution in [3.8, 4) is 11.5 Å². The minimum atomic E-state index is -0.800. The zero-order chi connectivity index (χ0) is 18.3. The highest BCUT2D eigenvalue weighted by Crippen LogP contribution is 2.38. The summed E-state index contributed by atoms with van der Waals surface area (Å²) in [4.78, 5) is 25.0. The van der Waals surface area contributed by atoms with Crippen molar-refractivity contribution in [2.45, 2.75) is 38.1 Å². The van der Waals surface area contributed by atoms with Crippen molar-refractivity contribution in [3.05, 3.63) is 22.7 Å². The second kappa shape index (κ2) is 6.46. The van der Waals surface area contributed by atoms with Gasteiger partial charge in [-0.3, -0.25) is 4.79 Å². The molecule has 0 radical (unpaired) electrons. The summed E-state index contributed by atoms with van der Waals surface area (Å²) < 4.78 is 11.0. The average molecular weight is 378 g/mol. The number of hydrazone groups is 1. The van der Waals surface area contributed by atoms with Crippen LogP contribution in [0, 0.1) is 5.92 Å². The van der Waals surface area contributed by atoms with Gasteiger partial charge in [-0.25, -0.2) is 4.79 Å². The van der Waals surface area contributed by atoms with Crippen molar-refractivity contribution < 1.29 is 19.1 Å². The van der Waals surface area contributed by atoms with Gasteiger partial charge in [-0.15, -0.1) is 5.01 Å². The summed E-state index contributed by atoms with van der Waals surface area (Å²) in [6.07, 6.45) is 4.58. The van der Waals surface area contributed by atoms with E-state index in [0.29, 0.717) is 54.1 Å². The maximum Gasteiger partial charge on any atom is 0.346 e. The van der Waals surface area contributed by atoms with Gasteiger partial charge in [0.1, 0.15) is 18.8 Å². The standard InChI is InChI=1S/C18H20ClN3O4/c1-11-2-4-18(5-3-11)16(23)22(17(24)21-18)20-10-12-8-13(19)15-14(9-12)25-6-7-26-15/h8-11H,2-7H2,1H3,(H,21,24)/b20-10-. The lowest BCUT2D eigenvalue weighted by atomic mass is 9.77. The molecule has 0 bridgehead atoms. The van der Waals surface area contributed by atoms with Gasteiger partial charge >= 0.3 is 6.03 Å². The van der Waals surface area contributed by atoms with Crippen LogP contribution in [-0.2, 0) is 4.79 Å². The van der Waals surface area contributed by atoms with E-state index in [2.05, 4.69) is 17.3 Å². The normalized spacial score (nSPS) is 28.1. The predicted molar refractivity (Wildman–Crippen MR) is 95.8 cm³/mol. The zero-order valence-corrected chi connectivity index (χ0v) is 15.2. The second-order valence-corrected chi connectivity index (χ2v) is 7.49. The van der Waals surface area contributed by atoms with Gasteiger partial charge in [-0.05, 0) is 49.3 Å². The molecule has 26 heavy (non-hydrogen) atoms. The van der Waals surface area contributed by atoms with Crippen molar-refractivity contribution in [1.82, 2.24) is 10.3 Å². The van der Waals surface area contributed by atoms with Crippen LogP contribution in [0.25, 0.3) is 0 Å². The van der Waals surface area contributed by atoms with E-state index in [0.717, 1.165) is 17.9 Å². The molecule has 2 heterocycles. The highest BCUT2D eigenvalue weighted by Gasteiger charge is 2.52. The monoisotopic (exact) mass is 377 g/mol. The van der Waals surface area contributed by atoms with E-state index in [-0.39, 0.29) is 5.91 Å². The molecule has 7 nitrogen and oxygen atoms in total. The molecule has 1 saturated carbocycles. The number of imide groups is 1. The van der Waals surface area contributed by atoms with Crippen molar-refractivity contribution in [2.24, 2.45) is 11.0 Å². The van der Waals surface area contributed by atoms with Gasteiger partial charge in [0, 0.05) is 0 Å². The predicted octanol–water partition coefficient (Wildman–Crippen LogP) is 2.95. The van der Waals surface area contributed by atoms with Gasteiger partial charge in [0.15, 0.2) is 11.5 Å². The highest BCUT2D eigenvalue weighted by atomic mass is 35.5. The molecule has 1 N–H and O–H groups in total. The van der Waals surface area contributed by atoms with Gasteiger partial charge in [0.2, 0.25) is 0 Å². The van der Waals surface area contributed by atoms with Crippen molar-refractivity contribution >= 4 is 29.8 Å². The molecule has 1 saturated heterocycles. The van der Waals surface area contributed by atoms with Crippen molar-refractivity contribution in [3.63, 3.8) is 0 Å². The number of carbonyl (C=O) groups excluding carboxylic acids is 2. The first-order chi connectivity index (χ1) is 12.5. The molecule has 1 aromatic carbocycles. The average Bonchev–Trinajstić information content (AvgIpc) is 2.86. The fraction of sp³-hybridized carbons (Fsp3) is 0.500. The third-order valence-electron chi connectivity index (χ3n) is 5.21. The Balaban J connectivity index is 1.55. The Morgan fingerprint density at radius 2 is 2.00 bits per heavy atom. The summed E-state index contributed by atoms with van der Waals surface area (Å²) in [5, 5.41) is 8.26. The van der Waals surface area contributed by atoms with Gasteiger partial charge in [-0.2, -0.15) is 5.10 Å². The summed E-state index contributed by atoms with van der Waals surface area (Å²) >= 11 is 6.20. The third kappa shape index (κ3) is 2.90. The van der Waals surface area contributed by atoms with Crippen LogP contribution in [0.2, 0.25) is 5.02 Å². The van der Waals surface area contributed by atoms with Crippen molar-refractivity contribution in [1.29, 1.82) is 0 Å². The van der Waals surface area contributed by atoms with Crippen LogP contribution < -0.4 is 14.8 Å². The molecule has 1 aromatic rings. The first kappa shape index (κ1) is 17.1. The van der Waals surface area contributed by atoms with Crippen LogP contribution in [0.1, 0.15) is 38.2 Å². The maximum absolute atomic E-state index is 12.8. The number of nitrogens with zero attached hydrogens (tertiary/aromatic N) is 2. The van der Waals surface area contributed by atoms with E-state index in [9.17, 15) is 9.59 Å². The van der Waals surface area contributed by atoms with Crippen LogP contribution in [0.4, 0.5) is 4.79 Å². The SMILES string of the molecule is CC1CCC2(CC1)NC(=O)N(/N=C\c1cc(Cl)c3c(c1)OCCO3)C2=O.